The molecule has 8 heterocycles. The molecule has 117 heavy (non-hydrogen) atoms. The molecule has 0 saturated heterocycles. The molecular weight excluding hydrogens is 1460 g/mol. The Morgan fingerprint density at radius 2 is 0.667 bits per heavy atom. The topological polar surface area (TPSA) is 49.9 Å². The first-order valence-corrected chi connectivity index (χ1v) is 41.3. The number of rotatable bonds is 12. The number of hydrogen-bond acceptors (Lipinski definition) is 11. The van der Waals surface area contributed by atoms with Crippen LogP contribution in [0.25, 0.3) is 20.2 Å². The third-order valence-corrected chi connectivity index (χ3v) is 26.2. The minimum Gasteiger partial charge on any atom is -0.458 e. The molecule has 1 N–H and O–H groups in total. The maximum Gasteiger partial charge on any atom is 0.264 e. The standard InChI is InChI=1S/C103H70B3N7O2S2/c1-64-52-65(2)99(66(3)53-64)113-86-63-91-83(61-81(86)106-97-88(112(74-46-26-11-27-47-74)101-79-49-29-31-51-95(79)117-103(101)106)56-76(57-89(97)113)109(69-36-16-6-17-37-69)70-38-18-7-19-39-70)104-82-60-80-84(62-90(82)114-92-58-77(59-93(115-91)98(92)104)110(71-40-20-8-21-41-71)72-42-22-9-23-43-72)107-85-54-75(108(67-32-12-4-13-33-67)68-34-14-5-15-35-68)55-87-96(85)105(80)102-100(78-48-28-30-50-94(78)116-102)111(87)73-44-24-10-25-45-73/h4-63,107H,1-3H3/i54D,55D,56D,57D,58D,59D. The van der Waals surface area contributed by atoms with Gasteiger partial charge in [-0.2, -0.15) is 0 Å². The lowest BCUT2D eigenvalue weighted by Crippen LogP contribution is -2.64. The first-order valence-electron chi connectivity index (χ1n) is 42.7. The summed E-state index contributed by atoms with van der Waals surface area (Å²) in [5.41, 5.74) is 22.6. The van der Waals surface area contributed by atoms with Crippen molar-refractivity contribution in [3.63, 3.8) is 0 Å². The van der Waals surface area contributed by atoms with Crippen LogP contribution in [0.2, 0.25) is 0 Å². The molecule has 0 atom stereocenters. The van der Waals surface area contributed by atoms with E-state index in [9.17, 15) is 8.22 Å². The van der Waals surface area contributed by atoms with E-state index in [0.29, 0.717) is 56.8 Å². The van der Waals surface area contributed by atoms with Crippen LogP contribution in [0.5, 0.6) is 23.0 Å². The lowest BCUT2D eigenvalue weighted by molar-refractivity contribution is 0.465. The summed E-state index contributed by atoms with van der Waals surface area (Å²) in [7, 11) is 0. The maximum absolute atomic E-state index is 11.5. The molecule has 18 aromatic rings. The molecule has 6 aliphatic heterocycles. The van der Waals surface area contributed by atoms with E-state index in [1.165, 1.54) is 0 Å². The third kappa shape index (κ3) is 10.4. The highest BCUT2D eigenvalue weighted by Crippen LogP contribution is 2.55. The predicted molar refractivity (Wildman–Crippen MR) is 496 cm³/mol. The summed E-state index contributed by atoms with van der Waals surface area (Å²) in [5, 5.41) is 6.04. The highest BCUT2D eigenvalue weighted by molar-refractivity contribution is 7.34. The number of fused-ring (bicyclic) bond motifs is 16. The van der Waals surface area contributed by atoms with Gasteiger partial charge in [0.2, 0.25) is 0 Å². The molecule has 0 spiro atoms. The van der Waals surface area contributed by atoms with E-state index in [1.807, 2.05) is 192 Å². The Morgan fingerprint density at radius 1 is 0.299 bits per heavy atom. The van der Waals surface area contributed by atoms with Crippen molar-refractivity contribution in [2.45, 2.75) is 20.8 Å². The zero-order valence-corrected chi connectivity index (χ0v) is 65.4. The van der Waals surface area contributed by atoms with Crippen molar-refractivity contribution in [1.82, 2.24) is 0 Å². The van der Waals surface area contributed by atoms with E-state index in [0.717, 1.165) is 147 Å². The van der Waals surface area contributed by atoms with E-state index in [-0.39, 0.29) is 53.4 Å². The molecule has 0 aliphatic carbocycles. The SMILES string of the molecule is [2H]c1c2c3c(c([2H])c1N(c1ccccc1)c1ccccc1)N(c1ccccc1)c1c(sc4ccccc14)B3c1cc3c(cc1N2)Oc1c([2H])c(N(c2ccccc2)c2ccccc2)c([2H])c2c1B3c1cc3c(cc1O2)N(c1c(C)cc(C)cc1C)c1c([2H])c(N(c2ccccc2)c2ccccc2)c([2H])c2c1B3c1sc3ccccc3c1N2c1ccccc1. The molecule has 14 heteroatoms. The number of thiophene rings is 2. The van der Waals surface area contributed by atoms with Crippen LogP contribution in [0.15, 0.2) is 364 Å². The van der Waals surface area contributed by atoms with Crippen molar-refractivity contribution >= 4 is 225 Å². The Kier molecular flexibility index (Phi) is 13.9. The molecule has 550 valence electrons. The number of nitrogens with one attached hydrogen (secondary N) is 1. The van der Waals surface area contributed by atoms with Gasteiger partial charge in [-0.3, -0.25) is 0 Å². The van der Waals surface area contributed by atoms with Crippen molar-refractivity contribution < 1.29 is 17.7 Å². The van der Waals surface area contributed by atoms with Gasteiger partial charge in [0, 0.05) is 139 Å². The van der Waals surface area contributed by atoms with Crippen molar-refractivity contribution in [3.8, 4) is 23.0 Å². The van der Waals surface area contributed by atoms with Crippen LogP contribution in [0.3, 0.4) is 0 Å². The average Bonchev–Trinajstić information content (AvgIpc) is 1.68. The fourth-order valence-electron chi connectivity index (χ4n) is 19.2. The number of nitrogens with zero attached hydrogens (tertiary/aromatic N) is 6. The first-order chi connectivity index (χ1) is 60.3. The van der Waals surface area contributed by atoms with Crippen LogP contribution in [0.4, 0.5) is 114 Å². The highest BCUT2D eigenvalue weighted by Gasteiger charge is 2.51. The van der Waals surface area contributed by atoms with E-state index in [2.05, 4.69) is 191 Å². The van der Waals surface area contributed by atoms with Crippen LogP contribution in [0, 0.1) is 20.8 Å². The van der Waals surface area contributed by atoms with Gasteiger partial charge < -0.3 is 44.2 Å². The maximum atomic E-state index is 11.5. The van der Waals surface area contributed by atoms with Crippen LogP contribution in [-0.2, 0) is 0 Å². The summed E-state index contributed by atoms with van der Waals surface area (Å²) >= 11 is 3.47. The van der Waals surface area contributed by atoms with E-state index in [1.54, 1.807) is 22.7 Å². The van der Waals surface area contributed by atoms with Crippen LogP contribution in [0.1, 0.15) is 24.9 Å². The molecule has 0 unspecified atom stereocenters. The molecule has 24 rings (SSSR count). The van der Waals surface area contributed by atoms with Crippen molar-refractivity contribution in [3.05, 3.63) is 381 Å². The average molecular weight is 1540 g/mol. The number of hydrogen-bond donors (Lipinski definition) is 1. The lowest BCUT2D eigenvalue weighted by Gasteiger charge is -2.45. The van der Waals surface area contributed by atoms with E-state index < -0.39 is 20.1 Å². The normalized spacial score (nSPS) is 13.9. The van der Waals surface area contributed by atoms with Gasteiger partial charge in [-0.25, -0.2) is 0 Å². The predicted octanol–water partition coefficient (Wildman–Crippen LogP) is 22.6. The van der Waals surface area contributed by atoms with Gasteiger partial charge in [-0.1, -0.05) is 212 Å². The highest BCUT2D eigenvalue weighted by atomic mass is 32.1. The van der Waals surface area contributed by atoms with Gasteiger partial charge in [0.25, 0.3) is 20.1 Å². The summed E-state index contributed by atoms with van der Waals surface area (Å²) in [6.45, 7) is 4.45. The second-order valence-corrected chi connectivity index (χ2v) is 32.9. The molecule has 0 amide bonds. The molecule has 0 radical (unpaired) electrons. The number of para-hydroxylation sites is 8. The second-order valence-electron chi connectivity index (χ2n) is 30.7. The fourth-order valence-corrected chi connectivity index (χ4v) is 21.8. The largest absolute Gasteiger partial charge is 0.458 e. The van der Waals surface area contributed by atoms with Gasteiger partial charge >= 0.3 is 0 Å². The van der Waals surface area contributed by atoms with Crippen LogP contribution >= 0.6 is 22.7 Å². The summed E-state index contributed by atoms with van der Waals surface area (Å²) in [6.07, 6.45) is 0. The quantitative estimate of drug-likeness (QED) is 0.121. The Morgan fingerprint density at radius 3 is 1.12 bits per heavy atom. The van der Waals surface area contributed by atoms with Crippen molar-refractivity contribution in [2.24, 2.45) is 0 Å². The van der Waals surface area contributed by atoms with Crippen LogP contribution < -0.4 is 92.0 Å². The number of ether oxygens (including phenoxy) is 2. The Balaban J connectivity index is 0.816. The molecule has 9 nitrogen and oxygen atoms in total. The second kappa shape index (κ2) is 26.5. The van der Waals surface area contributed by atoms with Crippen molar-refractivity contribution in [1.29, 1.82) is 0 Å². The number of aryl methyl sites for hydroxylation is 3. The van der Waals surface area contributed by atoms with Gasteiger partial charge in [0.1, 0.15) is 23.0 Å². The molecule has 6 aliphatic rings. The zero-order valence-electron chi connectivity index (χ0n) is 69.7. The molecular formula is C103H70B3N7O2S2. The Bertz CT molecular complexity index is 7340. The Hall–Kier alpha value is -14.2. The summed E-state index contributed by atoms with van der Waals surface area (Å²) in [6, 6.07) is 112. The number of benzene rings is 16. The van der Waals surface area contributed by atoms with Gasteiger partial charge in [-0.15, -0.1) is 22.7 Å². The third-order valence-electron chi connectivity index (χ3n) is 23.8. The van der Waals surface area contributed by atoms with E-state index in [4.69, 9.17) is 9.47 Å². The monoisotopic (exact) mass is 1540 g/mol. The molecule has 0 saturated carbocycles. The smallest absolute Gasteiger partial charge is 0.264 e. The van der Waals surface area contributed by atoms with E-state index >= 15 is 0 Å². The Labute approximate surface area is 696 Å². The fraction of sp³-hybridized carbons (Fsp3) is 0.0291. The molecule has 2 aromatic heterocycles. The number of anilines is 20. The molecule has 0 bridgehead atoms. The zero-order chi connectivity index (χ0) is 82.5. The van der Waals surface area contributed by atoms with Crippen molar-refractivity contribution in [2.75, 3.05) is 34.7 Å². The molecule has 16 aromatic carbocycles. The first kappa shape index (κ1) is 61.4. The summed E-state index contributed by atoms with van der Waals surface area (Å²) in [4.78, 5) is 13.0. The van der Waals surface area contributed by atoms with Crippen LogP contribution in [-0.4, -0.2) is 20.1 Å². The summed E-state index contributed by atoms with van der Waals surface area (Å²) in [5.74, 6) is 1.40. The van der Waals surface area contributed by atoms with Gasteiger partial charge in [0.05, 0.1) is 42.3 Å². The minimum atomic E-state index is -0.796. The van der Waals surface area contributed by atoms with Gasteiger partial charge in [-0.05, 0) is 198 Å². The lowest BCUT2D eigenvalue weighted by atomic mass is 9.31. The molecule has 0 fully saturated rings. The summed E-state index contributed by atoms with van der Waals surface area (Å²) < 4.78 is 87.0. The minimum absolute atomic E-state index is 0.0148. The van der Waals surface area contributed by atoms with Gasteiger partial charge in [0.15, 0.2) is 0 Å².